The Morgan fingerprint density at radius 3 is 2.40 bits per heavy atom. The van der Waals surface area contributed by atoms with Crippen LogP contribution < -0.4 is 0 Å². The summed E-state index contributed by atoms with van der Waals surface area (Å²) in [6.07, 6.45) is 3.82. The van der Waals surface area contributed by atoms with Crippen LogP contribution in [-0.2, 0) is 19.8 Å². The fraction of sp³-hybridized carbons (Fsp3) is 0.286. The van der Waals surface area contributed by atoms with Crippen molar-refractivity contribution in [1.29, 1.82) is 0 Å². The fourth-order valence-corrected chi connectivity index (χ4v) is 3.98. The molecule has 1 aromatic heterocycles. The smallest absolute Gasteiger partial charge is 0.249 e. The topological polar surface area (TPSA) is 76.5 Å². The second kappa shape index (κ2) is 4.07. The maximum absolute atomic E-state index is 11.6. The molecule has 5 nitrogen and oxygen atoms in total. The minimum Gasteiger partial charge on any atom is -0.249 e. The van der Waals surface area contributed by atoms with Crippen LogP contribution in [0.3, 0.4) is 0 Å². The molecular weight excluding hydrogens is 260 g/mol. The molecule has 8 heteroatoms. The predicted octanol–water partition coefficient (Wildman–Crippen LogP) is 1.15. The summed E-state index contributed by atoms with van der Waals surface area (Å²) < 4.78 is 37.7. The molecule has 0 saturated heterocycles. The van der Waals surface area contributed by atoms with Gasteiger partial charge in [0.2, 0.25) is 0 Å². The largest absolute Gasteiger partial charge is 0.293 e. The highest BCUT2D eigenvalue weighted by atomic mass is 35.5. The van der Waals surface area contributed by atoms with E-state index in [1.165, 1.54) is 30.8 Å². The lowest BCUT2D eigenvalue weighted by Gasteiger charge is -2.00. The van der Waals surface area contributed by atoms with Crippen LogP contribution in [-0.4, -0.2) is 30.1 Å². The molecule has 84 valence electrons. The third kappa shape index (κ3) is 3.44. The van der Waals surface area contributed by atoms with Crippen molar-refractivity contribution < 1.29 is 12.6 Å². The average molecular weight is 269 g/mol. The number of rotatable bonds is 2. The summed E-state index contributed by atoms with van der Waals surface area (Å²) in [6.45, 7) is 0. The van der Waals surface area contributed by atoms with Gasteiger partial charge in [0, 0.05) is 18.7 Å². The lowest BCUT2D eigenvalue weighted by molar-refractivity contribution is 0.597. The molecule has 0 atom stereocenters. The van der Waals surface area contributed by atoms with Crippen LogP contribution in [0.4, 0.5) is 0 Å². The Morgan fingerprint density at radius 1 is 1.33 bits per heavy atom. The highest BCUT2D eigenvalue weighted by Crippen LogP contribution is 2.20. The maximum atomic E-state index is 11.6. The Hall–Kier alpha value is -0.660. The zero-order valence-corrected chi connectivity index (χ0v) is 10.4. The van der Waals surface area contributed by atoms with Crippen molar-refractivity contribution in [2.75, 3.05) is 12.5 Å². The minimum absolute atomic E-state index is 0.176. The van der Waals surface area contributed by atoms with Crippen LogP contribution in [0.15, 0.2) is 27.0 Å². The van der Waals surface area contributed by atoms with Crippen LogP contribution in [0.1, 0.15) is 0 Å². The Morgan fingerprint density at radius 2 is 1.93 bits per heavy atom. The van der Waals surface area contributed by atoms with Crippen LogP contribution in [0.25, 0.3) is 0 Å². The van der Waals surface area contributed by atoms with E-state index in [9.17, 15) is 12.6 Å². The van der Waals surface area contributed by atoms with Crippen LogP contribution in [0, 0.1) is 0 Å². The van der Waals surface area contributed by atoms with E-state index in [0.717, 1.165) is 0 Å². The van der Waals surface area contributed by atoms with Gasteiger partial charge in [0.1, 0.15) is 10.0 Å². The highest BCUT2D eigenvalue weighted by molar-refractivity contribution is 8.02. The van der Waals surface area contributed by atoms with Gasteiger partial charge in [0.05, 0.1) is 9.73 Å². The third-order valence-electron chi connectivity index (χ3n) is 1.28. The molecule has 0 spiro atoms. The van der Waals surface area contributed by atoms with Crippen molar-refractivity contribution in [2.24, 2.45) is 3.77 Å². The van der Waals surface area contributed by atoms with Gasteiger partial charge in [-0.1, -0.05) is 11.6 Å². The number of hydrogen-bond donors (Lipinski definition) is 0. The first kappa shape index (κ1) is 12.4. The molecule has 0 bridgehead atoms. The van der Waals surface area contributed by atoms with Crippen molar-refractivity contribution in [3.05, 3.63) is 23.5 Å². The lowest BCUT2D eigenvalue weighted by Crippen LogP contribution is -2.03. The summed E-state index contributed by atoms with van der Waals surface area (Å²) in [7, 11) is -6.74. The van der Waals surface area contributed by atoms with E-state index in [-0.39, 0.29) is 10.0 Å². The zero-order valence-electron chi connectivity index (χ0n) is 8.05. The number of hydrogen-bond acceptors (Lipinski definition) is 4. The number of pyridine rings is 1. The second-order valence-electron chi connectivity index (χ2n) is 3.02. The van der Waals surface area contributed by atoms with E-state index in [4.69, 9.17) is 11.6 Å². The molecular formula is C7H9ClN2O3S2. The van der Waals surface area contributed by atoms with Crippen molar-refractivity contribution in [2.45, 2.75) is 4.90 Å². The molecule has 1 rings (SSSR count). The van der Waals surface area contributed by atoms with E-state index in [1.807, 2.05) is 0 Å². The number of nitrogens with zero attached hydrogens (tertiary/aromatic N) is 2. The third-order valence-corrected chi connectivity index (χ3v) is 4.80. The van der Waals surface area contributed by atoms with Gasteiger partial charge in [0.25, 0.3) is 10.0 Å². The molecule has 0 amide bonds. The second-order valence-corrected chi connectivity index (χ2v) is 7.73. The van der Waals surface area contributed by atoms with E-state index in [0.29, 0.717) is 0 Å². The van der Waals surface area contributed by atoms with Crippen LogP contribution in [0.5, 0.6) is 0 Å². The van der Waals surface area contributed by atoms with Gasteiger partial charge in [-0.05, 0) is 12.1 Å². The maximum Gasteiger partial charge on any atom is 0.293 e. The first-order valence-corrected chi connectivity index (χ1v) is 7.91. The van der Waals surface area contributed by atoms with E-state index in [1.54, 1.807) is 0 Å². The molecule has 0 unspecified atom stereocenters. The quantitative estimate of drug-likeness (QED) is 0.754. The van der Waals surface area contributed by atoms with Crippen LogP contribution in [0.2, 0.25) is 5.15 Å². The van der Waals surface area contributed by atoms with Crippen molar-refractivity contribution in [1.82, 2.24) is 4.98 Å². The Bertz CT molecular complexity index is 580. The lowest BCUT2D eigenvalue weighted by atomic mass is 10.5. The van der Waals surface area contributed by atoms with Gasteiger partial charge in [-0.3, -0.25) is 0 Å². The highest BCUT2D eigenvalue weighted by Gasteiger charge is 2.18. The van der Waals surface area contributed by atoms with Crippen molar-refractivity contribution in [3.8, 4) is 0 Å². The summed E-state index contributed by atoms with van der Waals surface area (Å²) in [5.74, 6) is 0. The Kier molecular flexibility index (Phi) is 3.37. The first-order valence-electron chi connectivity index (χ1n) is 3.76. The number of aromatic nitrogens is 1. The molecule has 0 aromatic carbocycles. The van der Waals surface area contributed by atoms with Crippen LogP contribution >= 0.6 is 11.6 Å². The predicted molar refractivity (Wildman–Crippen MR) is 58.9 cm³/mol. The summed E-state index contributed by atoms with van der Waals surface area (Å²) >= 11 is 5.59. The first-order chi connectivity index (χ1) is 6.72. The van der Waals surface area contributed by atoms with Gasteiger partial charge in [-0.2, -0.15) is 8.42 Å². The molecule has 0 fully saturated rings. The molecule has 0 aliphatic heterocycles. The number of sulfonamides is 1. The Balaban J connectivity index is 3.45. The van der Waals surface area contributed by atoms with Crippen molar-refractivity contribution >= 4 is 31.4 Å². The van der Waals surface area contributed by atoms with Gasteiger partial charge < -0.3 is 0 Å². The van der Waals surface area contributed by atoms with Gasteiger partial charge >= 0.3 is 0 Å². The van der Waals surface area contributed by atoms with E-state index >= 15 is 0 Å². The zero-order chi connectivity index (χ0) is 11.7. The molecule has 1 heterocycles. The SMILES string of the molecule is CS(C)(=O)=NS(=O)(=O)c1cccnc1Cl. The summed E-state index contributed by atoms with van der Waals surface area (Å²) in [4.78, 5) is 3.38. The number of halogens is 1. The van der Waals surface area contributed by atoms with E-state index < -0.39 is 19.8 Å². The van der Waals surface area contributed by atoms with Gasteiger partial charge in [-0.25, -0.2) is 9.19 Å². The standard InChI is InChI=1S/C7H9ClN2O3S2/c1-14(2,11)10-15(12,13)6-4-3-5-9-7(6)8/h3-5H,1-2H3. The molecule has 1 aromatic rings. The van der Waals surface area contributed by atoms with Gasteiger partial charge in [-0.15, -0.1) is 3.77 Å². The van der Waals surface area contributed by atoms with E-state index in [2.05, 4.69) is 8.75 Å². The molecule has 0 radical (unpaired) electrons. The minimum atomic E-state index is -3.99. The fourth-order valence-electron chi connectivity index (χ4n) is 0.840. The molecule has 0 aliphatic rings. The Labute approximate surface area is 93.7 Å². The molecule has 0 N–H and O–H groups in total. The molecule has 0 aliphatic carbocycles. The molecule has 15 heavy (non-hydrogen) atoms. The monoisotopic (exact) mass is 268 g/mol. The summed E-state index contributed by atoms with van der Waals surface area (Å²) in [5, 5.41) is -0.176. The molecule has 0 saturated carbocycles. The summed E-state index contributed by atoms with van der Waals surface area (Å²) in [6, 6.07) is 2.68. The van der Waals surface area contributed by atoms with Crippen molar-refractivity contribution in [3.63, 3.8) is 0 Å². The normalized spacial score (nSPS) is 12.5. The van der Waals surface area contributed by atoms with Gasteiger partial charge in [0.15, 0.2) is 0 Å². The average Bonchev–Trinajstić information content (AvgIpc) is 1.99. The summed E-state index contributed by atoms with van der Waals surface area (Å²) in [5.41, 5.74) is 0.